The van der Waals surface area contributed by atoms with Gasteiger partial charge in [0.2, 0.25) is 0 Å². The van der Waals surface area contributed by atoms with Crippen LogP contribution in [-0.4, -0.2) is 6.21 Å². The van der Waals surface area contributed by atoms with Gasteiger partial charge in [-0.1, -0.05) is 42.1 Å². The number of fused-ring (bicyclic) bond motifs is 4. The molecular weight excluding hydrogens is 258 g/mol. The Bertz CT molecular complexity index is 771. The molecule has 0 atom stereocenters. The van der Waals surface area contributed by atoms with Crippen molar-refractivity contribution in [3.8, 4) is 0 Å². The van der Waals surface area contributed by atoms with Crippen LogP contribution in [0.4, 0.5) is 5.69 Å². The smallest absolute Gasteiger partial charge is 0.0769 e. The van der Waals surface area contributed by atoms with E-state index in [1.165, 1.54) is 24.8 Å². The maximum absolute atomic E-state index is 4.61. The van der Waals surface area contributed by atoms with Crippen LogP contribution in [0.3, 0.4) is 0 Å². The number of rotatable bonds is 0. The van der Waals surface area contributed by atoms with Gasteiger partial charge in [0, 0.05) is 26.8 Å². The maximum atomic E-state index is 4.61. The van der Waals surface area contributed by atoms with E-state index in [1.54, 1.807) is 0 Å². The molecule has 4 rings (SSSR count). The molecule has 3 heteroatoms. The number of aliphatic imine (C=N–C) groups is 1. The van der Waals surface area contributed by atoms with Gasteiger partial charge in [-0.05, 0) is 18.2 Å². The molecule has 18 heavy (non-hydrogen) atoms. The molecule has 0 aliphatic carbocycles. The molecule has 1 aromatic heterocycles. The molecule has 0 fully saturated rings. The van der Waals surface area contributed by atoms with Crippen LogP contribution in [0.5, 0.6) is 0 Å². The van der Waals surface area contributed by atoms with Crippen LogP contribution in [-0.2, 0) is 0 Å². The minimum Gasteiger partial charge on any atom is -0.255 e. The summed E-state index contributed by atoms with van der Waals surface area (Å²) in [4.78, 5) is 5.85. The van der Waals surface area contributed by atoms with Gasteiger partial charge in [-0.15, -0.1) is 11.3 Å². The quantitative estimate of drug-likeness (QED) is 0.431. The molecule has 86 valence electrons. The summed E-state index contributed by atoms with van der Waals surface area (Å²) in [5, 5.41) is 1.31. The van der Waals surface area contributed by atoms with Crippen molar-refractivity contribution in [1.29, 1.82) is 0 Å². The predicted octanol–water partition coefficient (Wildman–Crippen LogP) is 5.12. The topological polar surface area (TPSA) is 12.4 Å². The zero-order valence-electron chi connectivity index (χ0n) is 9.46. The van der Waals surface area contributed by atoms with Crippen molar-refractivity contribution < 1.29 is 0 Å². The SMILES string of the molecule is C1=Nc2ccccc2Sc2sc3ccccc3c21. The summed E-state index contributed by atoms with van der Waals surface area (Å²) in [5.74, 6) is 0. The molecule has 0 saturated carbocycles. The van der Waals surface area contributed by atoms with Crippen LogP contribution in [0.15, 0.2) is 62.6 Å². The Morgan fingerprint density at radius 3 is 2.72 bits per heavy atom. The van der Waals surface area contributed by atoms with Crippen molar-refractivity contribution in [2.45, 2.75) is 9.10 Å². The van der Waals surface area contributed by atoms with E-state index in [1.807, 2.05) is 35.4 Å². The lowest BCUT2D eigenvalue weighted by Gasteiger charge is -1.99. The van der Waals surface area contributed by atoms with E-state index in [0.717, 1.165) is 5.69 Å². The van der Waals surface area contributed by atoms with Gasteiger partial charge >= 0.3 is 0 Å². The van der Waals surface area contributed by atoms with E-state index >= 15 is 0 Å². The van der Waals surface area contributed by atoms with E-state index in [-0.39, 0.29) is 0 Å². The average molecular weight is 267 g/mol. The Balaban J connectivity index is 2.00. The first-order chi connectivity index (χ1) is 8.92. The minimum absolute atomic E-state index is 1.06. The van der Waals surface area contributed by atoms with Crippen LogP contribution in [0.2, 0.25) is 0 Å². The summed E-state index contributed by atoms with van der Waals surface area (Å²) in [7, 11) is 0. The van der Waals surface area contributed by atoms with Crippen LogP contribution >= 0.6 is 23.1 Å². The zero-order chi connectivity index (χ0) is 11.9. The van der Waals surface area contributed by atoms with Gasteiger partial charge in [0.1, 0.15) is 0 Å². The molecule has 3 aromatic rings. The highest BCUT2D eigenvalue weighted by Crippen LogP contribution is 2.45. The number of thiophene rings is 1. The highest BCUT2D eigenvalue weighted by molar-refractivity contribution is 8.01. The van der Waals surface area contributed by atoms with Crippen molar-refractivity contribution in [3.63, 3.8) is 0 Å². The molecule has 1 aliphatic heterocycles. The summed E-state index contributed by atoms with van der Waals surface area (Å²) >= 11 is 3.67. The normalized spacial score (nSPS) is 13.1. The van der Waals surface area contributed by atoms with Gasteiger partial charge in [0.15, 0.2) is 0 Å². The molecule has 0 spiro atoms. The summed E-state index contributed by atoms with van der Waals surface area (Å²) in [5.41, 5.74) is 2.33. The van der Waals surface area contributed by atoms with Gasteiger partial charge in [-0.3, -0.25) is 4.99 Å². The fourth-order valence-corrected chi connectivity index (χ4v) is 4.58. The lowest BCUT2D eigenvalue weighted by Crippen LogP contribution is -1.77. The molecule has 2 heterocycles. The Morgan fingerprint density at radius 1 is 0.889 bits per heavy atom. The Labute approximate surface area is 113 Å². The Hall–Kier alpha value is -1.58. The van der Waals surface area contributed by atoms with Crippen LogP contribution < -0.4 is 0 Å². The molecule has 0 bridgehead atoms. The summed E-state index contributed by atoms with van der Waals surface area (Å²) in [6.45, 7) is 0. The van der Waals surface area contributed by atoms with Crippen LogP contribution in [0, 0.1) is 0 Å². The van der Waals surface area contributed by atoms with E-state index in [4.69, 9.17) is 0 Å². The average Bonchev–Trinajstić information content (AvgIpc) is 2.65. The first-order valence-electron chi connectivity index (χ1n) is 5.74. The summed E-state index contributed by atoms with van der Waals surface area (Å²) in [6, 6.07) is 16.8. The number of hydrogen-bond acceptors (Lipinski definition) is 3. The largest absolute Gasteiger partial charge is 0.255 e. The second-order valence-electron chi connectivity index (χ2n) is 4.13. The number of hydrogen-bond donors (Lipinski definition) is 0. The molecule has 0 N–H and O–H groups in total. The molecule has 0 saturated heterocycles. The predicted molar refractivity (Wildman–Crippen MR) is 79.6 cm³/mol. The van der Waals surface area contributed by atoms with Crippen LogP contribution in [0.1, 0.15) is 5.56 Å². The van der Waals surface area contributed by atoms with Crippen molar-refractivity contribution in [1.82, 2.24) is 0 Å². The number of benzene rings is 2. The van der Waals surface area contributed by atoms with E-state index < -0.39 is 0 Å². The standard InChI is InChI=1S/C15H9NS2/c1-3-7-13-10(5-1)11-9-16-12-6-2-4-8-14(12)18-15(11)17-13/h1-9H. The highest BCUT2D eigenvalue weighted by Gasteiger charge is 2.15. The minimum atomic E-state index is 1.06. The van der Waals surface area contributed by atoms with E-state index in [9.17, 15) is 0 Å². The van der Waals surface area contributed by atoms with Crippen molar-refractivity contribution in [2.75, 3.05) is 0 Å². The highest BCUT2D eigenvalue weighted by atomic mass is 32.2. The second-order valence-corrected chi connectivity index (χ2v) is 6.49. The Morgan fingerprint density at radius 2 is 1.72 bits per heavy atom. The van der Waals surface area contributed by atoms with Gasteiger partial charge in [-0.2, -0.15) is 0 Å². The maximum Gasteiger partial charge on any atom is 0.0769 e. The van der Waals surface area contributed by atoms with Crippen molar-refractivity contribution in [2.24, 2.45) is 4.99 Å². The summed E-state index contributed by atoms with van der Waals surface area (Å²) < 4.78 is 2.67. The molecule has 2 aromatic carbocycles. The number of para-hydroxylation sites is 1. The van der Waals surface area contributed by atoms with Gasteiger partial charge in [0.05, 0.1) is 9.90 Å². The van der Waals surface area contributed by atoms with Gasteiger partial charge in [0.25, 0.3) is 0 Å². The van der Waals surface area contributed by atoms with E-state index in [2.05, 4.69) is 47.5 Å². The van der Waals surface area contributed by atoms with Crippen molar-refractivity contribution in [3.05, 3.63) is 54.1 Å². The third-order valence-electron chi connectivity index (χ3n) is 3.00. The lowest BCUT2D eigenvalue weighted by atomic mass is 10.2. The molecule has 0 amide bonds. The van der Waals surface area contributed by atoms with Crippen LogP contribution in [0.25, 0.3) is 10.1 Å². The zero-order valence-corrected chi connectivity index (χ0v) is 11.1. The molecule has 1 nitrogen and oxygen atoms in total. The monoisotopic (exact) mass is 267 g/mol. The van der Waals surface area contributed by atoms with Gasteiger partial charge in [-0.25, -0.2) is 0 Å². The molecule has 0 radical (unpaired) electrons. The third-order valence-corrected chi connectivity index (χ3v) is 5.45. The molecular formula is C15H9NS2. The van der Waals surface area contributed by atoms with Gasteiger partial charge < -0.3 is 0 Å². The molecule has 0 unspecified atom stereocenters. The molecule has 1 aliphatic rings. The second kappa shape index (κ2) is 3.97. The first kappa shape index (κ1) is 10.4. The third kappa shape index (κ3) is 1.51. The summed E-state index contributed by atoms with van der Waals surface area (Å²) in [6.07, 6.45) is 2.01. The van der Waals surface area contributed by atoms with E-state index in [0.29, 0.717) is 0 Å². The first-order valence-corrected chi connectivity index (χ1v) is 7.37. The number of nitrogens with zero attached hydrogens (tertiary/aromatic N) is 1. The fraction of sp³-hybridized carbons (Fsp3) is 0. The van der Waals surface area contributed by atoms with Crippen molar-refractivity contribution >= 4 is 45.1 Å². The lowest BCUT2D eigenvalue weighted by molar-refractivity contribution is 1.39. The fourth-order valence-electron chi connectivity index (χ4n) is 2.13. The Kier molecular flexibility index (Phi) is 2.28.